The van der Waals surface area contributed by atoms with E-state index in [4.69, 9.17) is 4.74 Å². The average Bonchev–Trinajstić information content (AvgIpc) is 3.48. The van der Waals surface area contributed by atoms with E-state index in [0.717, 1.165) is 79.1 Å². The van der Waals surface area contributed by atoms with Crippen molar-refractivity contribution < 1.29 is 9.53 Å². The standard InChI is InChI=1S/C31H30N4O2/c36-30-31(25-4-1-2-5-28(25)32-30)19-26(31)23-11-12-24-27(33-34-29(24)18-23)13-10-21-6-8-22(9-7-21)14-16-35-15-3-17-37-20-35/h1-2,4-13,18,26H,3,14-17,19-20H2,(H,32,36)(H,33,34)/b13-10+/t26-,31-/m0/s1. The van der Waals surface area contributed by atoms with Gasteiger partial charge in [0.1, 0.15) is 0 Å². The smallest absolute Gasteiger partial charge is 0.235 e. The zero-order valence-corrected chi connectivity index (χ0v) is 20.7. The van der Waals surface area contributed by atoms with Crippen LogP contribution in [0.3, 0.4) is 0 Å². The lowest BCUT2D eigenvalue weighted by Crippen LogP contribution is -2.34. The third kappa shape index (κ3) is 3.97. The van der Waals surface area contributed by atoms with Crippen LogP contribution < -0.4 is 5.32 Å². The predicted molar refractivity (Wildman–Crippen MR) is 146 cm³/mol. The van der Waals surface area contributed by atoms with Crippen LogP contribution in [-0.2, 0) is 21.4 Å². The summed E-state index contributed by atoms with van der Waals surface area (Å²) in [5.41, 5.74) is 7.28. The molecular formula is C31H30N4O2. The number of fused-ring (bicyclic) bond motifs is 3. The molecule has 6 heteroatoms. The number of hydrogen-bond acceptors (Lipinski definition) is 4. The number of aromatic nitrogens is 2. The number of rotatable bonds is 6. The molecule has 1 amide bonds. The van der Waals surface area contributed by atoms with E-state index in [1.54, 1.807) is 0 Å². The molecule has 2 aliphatic heterocycles. The number of amides is 1. The van der Waals surface area contributed by atoms with Crippen LogP contribution in [-0.4, -0.2) is 47.4 Å². The highest BCUT2D eigenvalue weighted by Gasteiger charge is 2.65. The lowest BCUT2D eigenvalue weighted by molar-refractivity contribution is -0.118. The Morgan fingerprint density at radius 3 is 2.84 bits per heavy atom. The summed E-state index contributed by atoms with van der Waals surface area (Å²) in [6.07, 6.45) is 7.19. The second-order valence-electron chi connectivity index (χ2n) is 10.5. The van der Waals surface area contributed by atoms with Gasteiger partial charge >= 0.3 is 0 Å². The van der Waals surface area contributed by atoms with Crippen molar-refractivity contribution in [3.8, 4) is 0 Å². The van der Waals surface area contributed by atoms with Crippen LogP contribution in [0.4, 0.5) is 5.69 Å². The highest BCUT2D eigenvalue weighted by atomic mass is 16.5. The molecule has 186 valence electrons. The van der Waals surface area contributed by atoms with Gasteiger partial charge in [-0.2, -0.15) is 5.10 Å². The van der Waals surface area contributed by atoms with Crippen molar-refractivity contribution in [2.45, 2.75) is 30.6 Å². The first-order chi connectivity index (χ1) is 18.2. The number of nitrogens with one attached hydrogen (secondary N) is 2. The summed E-state index contributed by atoms with van der Waals surface area (Å²) < 4.78 is 5.54. The summed E-state index contributed by atoms with van der Waals surface area (Å²) in [6, 6.07) is 23.3. The quantitative estimate of drug-likeness (QED) is 0.383. The van der Waals surface area contributed by atoms with E-state index in [0.29, 0.717) is 0 Å². The molecule has 6 nitrogen and oxygen atoms in total. The highest BCUT2D eigenvalue weighted by Crippen LogP contribution is 2.64. The molecule has 3 aliphatic rings. The van der Waals surface area contributed by atoms with Crippen molar-refractivity contribution in [3.63, 3.8) is 0 Å². The van der Waals surface area contributed by atoms with E-state index in [9.17, 15) is 4.79 Å². The number of H-pyrrole nitrogens is 1. The van der Waals surface area contributed by atoms with Crippen LogP contribution in [0.25, 0.3) is 23.1 Å². The predicted octanol–water partition coefficient (Wildman–Crippen LogP) is 5.33. The average molecular weight is 491 g/mol. The zero-order chi connectivity index (χ0) is 24.8. The SMILES string of the molecule is O=C1Nc2ccccc2[C@]12C[C@H]2c1ccc2c(/C=C/c3ccc(CCN4CCCOC4)cc3)n[nH]c2c1. The monoisotopic (exact) mass is 490 g/mol. The molecule has 7 rings (SSSR count). The molecule has 2 fully saturated rings. The maximum absolute atomic E-state index is 12.9. The van der Waals surface area contributed by atoms with E-state index in [-0.39, 0.29) is 11.8 Å². The topological polar surface area (TPSA) is 70.2 Å². The molecule has 3 aromatic carbocycles. The molecule has 1 aromatic heterocycles. The maximum Gasteiger partial charge on any atom is 0.235 e. The van der Waals surface area contributed by atoms with Crippen LogP contribution in [0.2, 0.25) is 0 Å². The second-order valence-corrected chi connectivity index (χ2v) is 10.5. The normalized spacial score (nSPS) is 23.1. The van der Waals surface area contributed by atoms with E-state index in [2.05, 4.69) is 81.1 Å². The van der Waals surface area contributed by atoms with E-state index in [1.807, 2.05) is 18.2 Å². The maximum atomic E-state index is 12.9. The number of carbonyl (C=O) groups is 1. The van der Waals surface area contributed by atoms with E-state index in [1.165, 1.54) is 11.1 Å². The van der Waals surface area contributed by atoms with Gasteiger partial charge in [-0.25, -0.2) is 0 Å². The van der Waals surface area contributed by atoms with Crippen LogP contribution in [0, 0.1) is 0 Å². The fraction of sp³-hybridized carbons (Fsp3) is 0.290. The minimum atomic E-state index is -0.416. The third-order valence-electron chi connectivity index (χ3n) is 8.21. The Hall–Kier alpha value is -3.74. The van der Waals surface area contributed by atoms with Crippen molar-refractivity contribution in [2.75, 3.05) is 31.7 Å². The number of ether oxygens (including phenoxy) is 1. The van der Waals surface area contributed by atoms with Gasteiger partial charge in [0.05, 0.1) is 23.4 Å². The molecule has 0 unspecified atom stereocenters. The van der Waals surface area contributed by atoms with Crippen molar-refractivity contribution in [1.82, 2.24) is 15.1 Å². The fourth-order valence-electron chi connectivity index (χ4n) is 6.04. The lowest BCUT2D eigenvalue weighted by atomic mass is 9.92. The second kappa shape index (κ2) is 8.98. The van der Waals surface area contributed by atoms with Gasteiger partial charge in [-0.1, -0.05) is 60.7 Å². The van der Waals surface area contributed by atoms with Crippen molar-refractivity contribution >= 4 is 34.6 Å². The molecule has 0 radical (unpaired) electrons. The zero-order valence-electron chi connectivity index (χ0n) is 20.7. The van der Waals surface area contributed by atoms with Gasteiger partial charge in [0.25, 0.3) is 0 Å². The molecular weight excluding hydrogens is 460 g/mol. The van der Waals surface area contributed by atoms with Crippen LogP contribution in [0.15, 0.2) is 66.7 Å². The van der Waals surface area contributed by atoms with Gasteiger partial charge in [0, 0.05) is 36.7 Å². The fourth-order valence-corrected chi connectivity index (χ4v) is 6.04. The van der Waals surface area contributed by atoms with E-state index < -0.39 is 5.41 Å². The summed E-state index contributed by atoms with van der Waals surface area (Å²) in [7, 11) is 0. The Labute approximate surface area is 216 Å². The van der Waals surface area contributed by atoms with E-state index >= 15 is 0 Å². The largest absolute Gasteiger partial charge is 0.366 e. The molecule has 1 saturated carbocycles. The molecule has 1 aliphatic carbocycles. The van der Waals surface area contributed by atoms with Gasteiger partial charge in [-0.3, -0.25) is 14.8 Å². The lowest BCUT2D eigenvalue weighted by Gasteiger charge is -2.26. The summed E-state index contributed by atoms with van der Waals surface area (Å²) in [4.78, 5) is 15.2. The Bertz CT molecular complexity index is 1500. The number of para-hydroxylation sites is 1. The Balaban J connectivity index is 1.04. The minimum absolute atomic E-state index is 0.124. The first kappa shape index (κ1) is 22.5. The van der Waals surface area contributed by atoms with Crippen LogP contribution in [0.1, 0.15) is 46.7 Å². The molecule has 1 saturated heterocycles. The Morgan fingerprint density at radius 1 is 1.08 bits per heavy atom. The van der Waals surface area contributed by atoms with Gasteiger partial charge in [0.15, 0.2) is 0 Å². The number of carbonyl (C=O) groups excluding carboxylic acids is 1. The summed E-state index contributed by atoms with van der Waals surface area (Å²) in [6.45, 7) is 3.81. The number of nitrogens with zero attached hydrogens (tertiary/aromatic N) is 2. The molecule has 0 bridgehead atoms. The van der Waals surface area contributed by atoms with Gasteiger partial charge < -0.3 is 10.1 Å². The highest BCUT2D eigenvalue weighted by molar-refractivity contribution is 6.09. The molecule has 3 heterocycles. The summed E-state index contributed by atoms with van der Waals surface area (Å²) in [5, 5.41) is 11.9. The Morgan fingerprint density at radius 2 is 1.97 bits per heavy atom. The van der Waals surface area contributed by atoms with Crippen molar-refractivity contribution in [1.29, 1.82) is 0 Å². The third-order valence-corrected chi connectivity index (χ3v) is 8.21. The summed E-state index contributed by atoms with van der Waals surface area (Å²) in [5.74, 6) is 0.322. The summed E-state index contributed by atoms with van der Waals surface area (Å²) >= 11 is 0. The molecule has 2 atom stereocenters. The molecule has 1 spiro atoms. The van der Waals surface area contributed by atoms with Crippen molar-refractivity contribution in [2.24, 2.45) is 0 Å². The minimum Gasteiger partial charge on any atom is -0.366 e. The molecule has 4 aromatic rings. The van der Waals surface area contributed by atoms with Crippen molar-refractivity contribution in [3.05, 3.63) is 94.7 Å². The van der Waals surface area contributed by atoms with Gasteiger partial charge in [-0.15, -0.1) is 0 Å². The first-order valence-corrected chi connectivity index (χ1v) is 13.2. The number of aromatic amines is 1. The first-order valence-electron chi connectivity index (χ1n) is 13.2. The number of hydrogen-bond donors (Lipinski definition) is 2. The Kier molecular flexibility index (Phi) is 5.45. The van der Waals surface area contributed by atoms with Crippen LogP contribution >= 0.6 is 0 Å². The molecule has 2 N–H and O–H groups in total. The van der Waals surface area contributed by atoms with Crippen LogP contribution in [0.5, 0.6) is 0 Å². The molecule has 37 heavy (non-hydrogen) atoms. The number of benzene rings is 3. The van der Waals surface area contributed by atoms with Gasteiger partial charge in [-0.05, 0) is 59.7 Å². The van der Waals surface area contributed by atoms with Gasteiger partial charge in [0.2, 0.25) is 5.91 Å². The number of anilines is 1.